The highest BCUT2D eigenvalue weighted by Gasteiger charge is 2.46. The molecule has 0 bridgehead atoms. The van der Waals surface area contributed by atoms with Gasteiger partial charge in [-0.1, -0.05) is 62.4 Å². The number of carbonyl (C=O) groups is 1. The monoisotopic (exact) mass is 349 g/mol. The van der Waals surface area contributed by atoms with Crippen LogP contribution in [-0.4, -0.2) is 29.7 Å². The van der Waals surface area contributed by atoms with E-state index < -0.39 is 0 Å². The lowest BCUT2D eigenvalue weighted by Crippen LogP contribution is -2.43. The van der Waals surface area contributed by atoms with Gasteiger partial charge in [-0.3, -0.25) is 0 Å². The molecule has 0 aromatic heterocycles. The van der Waals surface area contributed by atoms with E-state index in [4.69, 9.17) is 4.74 Å². The van der Waals surface area contributed by atoms with Crippen LogP contribution >= 0.6 is 0 Å². The first-order valence-corrected chi connectivity index (χ1v) is 9.41. The zero-order valence-corrected chi connectivity index (χ0v) is 16.1. The summed E-state index contributed by atoms with van der Waals surface area (Å²) >= 11 is 0. The van der Waals surface area contributed by atoms with Crippen LogP contribution in [0.25, 0.3) is 11.1 Å². The fourth-order valence-corrected chi connectivity index (χ4v) is 4.95. The quantitative estimate of drug-likeness (QED) is 0.722. The van der Waals surface area contributed by atoms with Crippen molar-refractivity contribution in [2.45, 2.75) is 45.6 Å². The Labute approximate surface area is 156 Å². The summed E-state index contributed by atoms with van der Waals surface area (Å²) in [6.45, 7) is 9.82. The standard InChI is InChI=1S/C23H27NO2/c1-22(2)14-23(3,4)24(15-22)21(25)26-13-20-18-11-7-5-9-16(18)17-10-6-8-12-19(17)20/h5-12,20H,13-15H2,1-4H3. The van der Waals surface area contributed by atoms with Gasteiger partial charge in [0, 0.05) is 18.0 Å². The molecule has 0 N–H and O–H groups in total. The zero-order chi connectivity index (χ0) is 18.5. The normalized spacial score (nSPS) is 19.9. The molecule has 3 heteroatoms. The number of ether oxygens (including phenoxy) is 1. The molecule has 2 aliphatic rings. The van der Waals surface area contributed by atoms with E-state index in [1.807, 2.05) is 4.90 Å². The largest absolute Gasteiger partial charge is 0.448 e. The summed E-state index contributed by atoms with van der Waals surface area (Å²) in [6.07, 6.45) is 0.798. The lowest BCUT2D eigenvalue weighted by molar-refractivity contribution is 0.0775. The van der Waals surface area contributed by atoms with Crippen LogP contribution in [0.4, 0.5) is 4.79 Å². The van der Waals surface area contributed by atoms with E-state index in [1.165, 1.54) is 22.3 Å². The van der Waals surface area contributed by atoms with Gasteiger partial charge in [-0.25, -0.2) is 4.79 Å². The first-order valence-electron chi connectivity index (χ1n) is 9.41. The second-order valence-corrected chi connectivity index (χ2v) is 9.04. The van der Waals surface area contributed by atoms with Gasteiger partial charge in [0.2, 0.25) is 0 Å². The maximum atomic E-state index is 12.8. The molecule has 0 spiro atoms. The minimum absolute atomic E-state index is 0.116. The van der Waals surface area contributed by atoms with E-state index in [-0.39, 0.29) is 23.0 Å². The average molecular weight is 349 g/mol. The van der Waals surface area contributed by atoms with E-state index in [2.05, 4.69) is 76.2 Å². The first kappa shape index (κ1) is 17.1. The number of rotatable bonds is 2. The zero-order valence-electron chi connectivity index (χ0n) is 16.1. The number of fused-ring (bicyclic) bond motifs is 3. The Hall–Kier alpha value is -2.29. The van der Waals surface area contributed by atoms with Crippen LogP contribution in [0.5, 0.6) is 0 Å². The molecule has 0 atom stereocenters. The van der Waals surface area contributed by atoms with Gasteiger partial charge in [0.15, 0.2) is 0 Å². The lowest BCUT2D eigenvalue weighted by atomic mass is 9.86. The van der Waals surface area contributed by atoms with Crippen LogP contribution in [0.15, 0.2) is 48.5 Å². The average Bonchev–Trinajstić information content (AvgIpc) is 3.03. The molecule has 1 aliphatic heterocycles. The number of amides is 1. The molecule has 0 unspecified atom stereocenters. The van der Waals surface area contributed by atoms with Crippen molar-refractivity contribution in [2.24, 2.45) is 5.41 Å². The Balaban J connectivity index is 1.55. The van der Waals surface area contributed by atoms with E-state index in [9.17, 15) is 4.79 Å². The smallest absolute Gasteiger partial charge is 0.410 e. The summed E-state index contributed by atoms with van der Waals surface area (Å²) < 4.78 is 5.84. The van der Waals surface area contributed by atoms with Gasteiger partial charge in [0.1, 0.15) is 6.61 Å². The second kappa shape index (κ2) is 5.87. The van der Waals surface area contributed by atoms with Gasteiger partial charge in [-0.05, 0) is 47.9 Å². The van der Waals surface area contributed by atoms with Gasteiger partial charge >= 0.3 is 6.09 Å². The van der Waals surface area contributed by atoms with E-state index >= 15 is 0 Å². The van der Waals surface area contributed by atoms with Crippen LogP contribution in [0.3, 0.4) is 0 Å². The third kappa shape index (κ3) is 2.80. The molecule has 136 valence electrons. The topological polar surface area (TPSA) is 29.5 Å². The highest BCUT2D eigenvalue weighted by atomic mass is 16.6. The summed E-state index contributed by atoms with van der Waals surface area (Å²) in [7, 11) is 0. The van der Waals surface area contributed by atoms with Gasteiger partial charge in [-0.15, -0.1) is 0 Å². The van der Waals surface area contributed by atoms with Gasteiger partial charge < -0.3 is 9.64 Å². The third-order valence-electron chi connectivity index (χ3n) is 5.78. The summed E-state index contributed by atoms with van der Waals surface area (Å²) in [6, 6.07) is 16.9. The van der Waals surface area contributed by atoms with E-state index in [0.717, 1.165) is 13.0 Å². The van der Waals surface area contributed by atoms with Crippen molar-refractivity contribution in [1.82, 2.24) is 4.90 Å². The van der Waals surface area contributed by atoms with Crippen molar-refractivity contribution < 1.29 is 9.53 Å². The molecule has 1 aliphatic carbocycles. The molecular weight excluding hydrogens is 322 g/mol. The SMILES string of the molecule is CC1(C)CN(C(=O)OCC2c3ccccc3-c3ccccc32)C(C)(C)C1. The molecule has 26 heavy (non-hydrogen) atoms. The van der Waals surface area contributed by atoms with Crippen LogP contribution in [0, 0.1) is 5.41 Å². The molecule has 1 heterocycles. The predicted molar refractivity (Wildman–Crippen MR) is 104 cm³/mol. The number of carbonyl (C=O) groups excluding carboxylic acids is 1. The fraction of sp³-hybridized carbons (Fsp3) is 0.435. The molecule has 1 fully saturated rings. The maximum Gasteiger partial charge on any atom is 0.410 e. The summed E-state index contributed by atoms with van der Waals surface area (Å²) in [5.41, 5.74) is 4.99. The van der Waals surface area contributed by atoms with Crippen molar-refractivity contribution in [1.29, 1.82) is 0 Å². The van der Waals surface area contributed by atoms with Crippen molar-refractivity contribution in [3.8, 4) is 11.1 Å². The van der Waals surface area contributed by atoms with Gasteiger partial charge in [-0.2, -0.15) is 0 Å². The van der Waals surface area contributed by atoms with E-state index in [1.54, 1.807) is 0 Å². The first-order chi connectivity index (χ1) is 12.3. The number of benzene rings is 2. The molecule has 2 aromatic carbocycles. The van der Waals surface area contributed by atoms with Crippen molar-refractivity contribution in [3.05, 3.63) is 59.7 Å². The lowest BCUT2D eigenvalue weighted by Gasteiger charge is -2.31. The molecule has 4 rings (SSSR count). The molecule has 2 aromatic rings. The van der Waals surface area contributed by atoms with Crippen LogP contribution in [0.1, 0.15) is 51.2 Å². The minimum atomic E-state index is -0.192. The van der Waals surface area contributed by atoms with Crippen molar-refractivity contribution in [3.63, 3.8) is 0 Å². The number of hydrogen-bond donors (Lipinski definition) is 0. The summed E-state index contributed by atoms with van der Waals surface area (Å²) in [5, 5.41) is 0. The highest BCUT2D eigenvalue weighted by molar-refractivity contribution is 5.79. The molecule has 1 saturated heterocycles. The molecule has 1 amide bonds. The number of nitrogens with zero attached hydrogens (tertiary/aromatic N) is 1. The van der Waals surface area contributed by atoms with Crippen LogP contribution < -0.4 is 0 Å². The Morgan fingerprint density at radius 2 is 1.54 bits per heavy atom. The van der Waals surface area contributed by atoms with Crippen LogP contribution in [0.2, 0.25) is 0 Å². The Kier molecular flexibility index (Phi) is 3.87. The second-order valence-electron chi connectivity index (χ2n) is 9.04. The number of hydrogen-bond acceptors (Lipinski definition) is 2. The fourth-order valence-electron chi connectivity index (χ4n) is 4.95. The summed E-state index contributed by atoms with van der Waals surface area (Å²) in [5.74, 6) is 0.116. The minimum Gasteiger partial charge on any atom is -0.448 e. The van der Waals surface area contributed by atoms with E-state index in [0.29, 0.717) is 6.61 Å². The van der Waals surface area contributed by atoms with Crippen LogP contribution in [-0.2, 0) is 4.74 Å². The molecule has 0 saturated carbocycles. The van der Waals surface area contributed by atoms with Crippen molar-refractivity contribution >= 4 is 6.09 Å². The Bertz CT molecular complexity index is 807. The van der Waals surface area contributed by atoms with Crippen molar-refractivity contribution in [2.75, 3.05) is 13.2 Å². The molecular formula is C23H27NO2. The summed E-state index contributed by atoms with van der Waals surface area (Å²) in [4.78, 5) is 14.7. The number of likely N-dealkylation sites (tertiary alicyclic amines) is 1. The molecule has 0 radical (unpaired) electrons. The van der Waals surface area contributed by atoms with Gasteiger partial charge in [0.05, 0.1) is 0 Å². The van der Waals surface area contributed by atoms with Gasteiger partial charge in [0.25, 0.3) is 0 Å². The highest BCUT2D eigenvalue weighted by Crippen LogP contribution is 2.45. The maximum absolute atomic E-state index is 12.8. The Morgan fingerprint density at radius 1 is 1.00 bits per heavy atom. The molecule has 3 nitrogen and oxygen atoms in total. The third-order valence-corrected chi connectivity index (χ3v) is 5.78. The predicted octanol–water partition coefficient (Wildman–Crippen LogP) is 5.45. The Morgan fingerprint density at radius 3 is 2.04 bits per heavy atom.